The molecule has 2 aromatic heterocycles. The first-order chi connectivity index (χ1) is 7.24. The van der Waals surface area contributed by atoms with Crippen LogP contribution in [0.25, 0.3) is 5.65 Å². The van der Waals surface area contributed by atoms with Crippen molar-refractivity contribution in [2.24, 2.45) is 0 Å². The first-order valence-corrected chi connectivity index (χ1v) is 5.69. The molecule has 0 bridgehead atoms. The molecule has 0 aromatic carbocycles. The standard InChI is InChI=1S/C11H11BrN2O.BrH/c1-2-5-8-10(12)11(15)14-7-4-3-6-9(14)13-8;/h3-4,6-7H,2,5H2,1H3;1H. The van der Waals surface area contributed by atoms with Gasteiger partial charge in [0.05, 0.1) is 5.69 Å². The highest BCUT2D eigenvalue weighted by atomic mass is 79.9. The summed E-state index contributed by atoms with van der Waals surface area (Å²) in [7, 11) is 0. The Labute approximate surface area is 112 Å². The number of fused-ring (bicyclic) bond motifs is 1. The van der Waals surface area contributed by atoms with Crippen molar-refractivity contribution in [2.45, 2.75) is 19.8 Å². The van der Waals surface area contributed by atoms with E-state index in [1.165, 1.54) is 0 Å². The van der Waals surface area contributed by atoms with Gasteiger partial charge in [-0.3, -0.25) is 9.20 Å². The molecular formula is C11H12Br2N2O. The Balaban J connectivity index is 0.00000128. The summed E-state index contributed by atoms with van der Waals surface area (Å²) in [4.78, 5) is 16.3. The molecule has 0 amide bonds. The van der Waals surface area contributed by atoms with Crippen molar-refractivity contribution in [3.8, 4) is 0 Å². The first kappa shape index (κ1) is 13.4. The van der Waals surface area contributed by atoms with Crippen molar-refractivity contribution in [1.29, 1.82) is 0 Å². The van der Waals surface area contributed by atoms with Crippen LogP contribution in [-0.4, -0.2) is 9.38 Å². The highest BCUT2D eigenvalue weighted by Gasteiger charge is 2.08. The van der Waals surface area contributed by atoms with Crippen molar-refractivity contribution in [2.75, 3.05) is 0 Å². The molecule has 0 fully saturated rings. The van der Waals surface area contributed by atoms with Gasteiger partial charge >= 0.3 is 0 Å². The molecule has 5 heteroatoms. The lowest BCUT2D eigenvalue weighted by Gasteiger charge is -2.05. The number of hydrogen-bond acceptors (Lipinski definition) is 2. The van der Waals surface area contributed by atoms with Gasteiger partial charge in [-0.15, -0.1) is 17.0 Å². The number of aromatic nitrogens is 2. The minimum atomic E-state index is -0.0379. The fraction of sp³-hybridized carbons (Fsp3) is 0.273. The number of hydrogen-bond donors (Lipinski definition) is 0. The lowest BCUT2D eigenvalue weighted by atomic mass is 10.2. The van der Waals surface area contributed by atoms with Gasteiger partial charge in [-0.05, 0) is 34.5 Å². The summed E-state index contributed by atoms with van der Waals surface area (Å²) in [5.74, 6) is 0. The lowest BCUT2D eigenvalue weighted by Crippen LogP contribution is -2.17. The molecular weight excluding hydrogens is 336 g/mol. The average Bonchev–Trinajstić information content (AvgIpc) is 2.26. The summed E-state index contributed by atoms with van der Waals surface area (Å²) in [6, 6.07) is 5.54. The van der Waals surface area contributed by atoms with E-state index in [0.29, 0.717) is 10.1 Å². The van der Waals surface area contributed by atoms with E-state index in [1.807, 2.05) is 18.2 Å². The number of rotatable bonds is 2. The maximum absolute atomic E-state index is 11.9. The first-order valence-electron chi connectivity index (χ1n) is 4.90. The van der Waals surface area contributed by atoms with E-state index in [9.17, 15) is 4.79 Å². The number of pyridine rings is 1. The molecule has 2 aromatic rings. The molecule has 86 valence electrons. The van der Waals surface area contributed by atoms with Crippen molar-refractivity contribution < 1.29 is 0 Å². The summed E-state index contributed by atoms with van der Waals surface area (Å²) in [6.45, 7) is 2.07. The van der Waals surface area contributed by atoms with E-state index in [0.717, 1.165) is 18.5 Å². The predicted octanol–water partition coefficient (Wildman–Crippen LogP) is 2.99. The van der Waals surface area contributed by atoms with Crippen molar-refractivity contribution in [1.82, 2.24) is 9.38 Å². The Bertz CT molecular complexity index is 551. The molecule has 2 rings (SSSR count). The summed E-state index contributed by atoms with van der Waals surface area (Å²) in [5.41, 5.74) is 1.51. The van der Waals surface area contributed by atoms with Crippen LogP contribution in [0.5, 0.6) is 0 Å². The second kappa shape index (κ2) is 5.59. The average molecular weight is 348 g/mol. The van der Waals surface area contributed by atoms with Gasteiger partial charge in [0.15, 0.2) is 0 Å². The zero-order valence-corrected chi connectivity index (χ0v) is 12.1. The van der Waals surface area contributed by atoms with Gasteiger partial charge < -0.3 is 0 Å². The van der Waals surface area contributed by atoms with Crippen LogP contribution >= 0.6 is 32.9 Å². The molecule has 0 aliphatic carbocycles. The Morgan fingerprint density at radius 1 is 1.44 bits per heavy atom. The van der Waals surface area contributed by atoms with E-state index in [4.69, 9.17) is 0 Å². The van der Waals surface area contributed by atoms with Crippen LogP contribution < -0.4 is 5.56 Å². The molecule has 0 aliphatic rings. The monoisotopic (exact) mass is 346 g/mol. The molecule has 3 nitrogen and oxygen atoms in total. The normalized spacial score (nSPS) is 10.1. The van der Waals surface area contributed by atoms with Crippen LogP contribution in [0.2, 0.25) is 0 Å². The molecule has 0 spiro atoms. The number of halogens is 2. The Hall–Kier alpha value is -0.680. The smallest absolute Gasteiger partial charge is 0.268 e. The van der Waals surface area contributed by atoms with Crippen molar-refractivity contribution >= 4 is 38.6 Å². The topological polar surface area (TPSA) is 34.4 Å². The Morgan fingerprint density at radius 3 is 2.88 bits per heavy atom. The maximum Gasteiger partial charge on any atom is 0.272 e. The minimum Gasteiger partial charge on any atom is -0.268 e. The molecule has 0 N–H and O–H groups in total. The number of nitrogens with zero attached hydrogens (tertiary/aromatic N) is 2. The fourth-order valence-corrected chi connectivity index (χ4v) is 1.99. The van der Waals surface area contributed by atoms with Gasteiger partial charge in [-0.1, -0.05) is 19.4 Å². The third-order valence-electron chi connectivity index (χ3n) is 2.23. The van der Waals surface area contributed by atoms with Crippen molar-refractivity contribution in [3.05, 3.63) is 44.9 Å². The van der Waals surface area contributed by atoms with Crippen LogP contribution in [0.3, 0.4) is 0 Å². The largest absolute Gasteiger partial charge is 0.272 e. The summed E-state index contributed by atoms with van der Waals surface area (Å²) in [5, 5.41) is 0. The predicted molar refractivity (Wildman–Crippen MR) is 73.5 cm³/mol. The molecule has 0 saturated carbocycles. The van der Waals surface area contributed by atoms with E-state index in [-0.39, 0.29) is 22.5 Å². The maximum atomic E-state index is 11.9. The highest BCUT2D eigenvalue weighted by Crippen LogP contribution is 2.12. The van der Waals surface area contributed by atoms with E-state index >= 15 is 0 Å². The second-order valence-corrected chi connectivity index (χ2v) is 4.15. The van der Waals surface area contributed by atoms with Gasteiger partial charge in [0.25, 0.3) is 5.56 Å². The van der Waals surface area contributed by atoms with Crippen LogP contribution in [0, 0.1) is 0 Å². The molecule has 2 heterocycles. The Morgan fingerprint density at radius 2 is 2.19 bits per heavy atom. The van der Waals surface area contributed by atoms with Gasteiger partial charge in [0.2, 0.25) is 0 Å². The molecule has 0 saturated heterocycles. The minimum absolute atomic E-state index is 0. The van der Waals surface area contributed by atoms with Crippen LogP contribution in [0.15, 0.2) is 33.7 Å². The molecule has 0 radical (unpaired) electrons. The second-order valence-electron chi connectivity index (χ2n) is 3.36. The van der Waals surface area contributed by atoms with Gasteiger partial charge in [-0.2, -0.15) is 0 Å². The summed E-state index contributed by atoms with van der Waals surface area (Å²) in [6.07, 6.45) is 3.53. The lowest BCUT2D eigenvalue weighted by molar-refractivity contribution is 0.858. The molecule has 0 aliphatic heterocycles. The van der Waals surface area contributed by atoms with E-state index in [2.05, 4.69) is 27.8 Å². The Kier molecular flexibility index (Phi) is 4.68. The fourth-order valence-electron chi connectivity index (χ4n) is 1.52. The van der Waals surface area contributed by atoms with Gasteiger partial charge in [0.1, 0.15) is 10.1 Å². The quantitative estimate of drug-likeness (QED) is 0.836. The van der Waals surface area contributed by atoms with Crippen molar-refractivity contribution in [3.63, 3.8) is 0 Å². The van der Waals surface area contributed by atoms with Crippen LogP contribution in [-0.2, 0) is 6.42 Å². The molecule has 0 atom stereocenters. The highest BCUT2D eigenvalue weighted by molar-refractivity contribution is 9.10. The molecule has 0 unspecified atom stereocenters. The zero-order valence-electron chi connectivity index (χ0n) is 8.81. The van der Waals surface area contributed by atoms with E-state index < -0.39 is 0 Å². The summed E-state index contributed by atoms with van der Waals surface area (Å²) < 4.78 is 2.12. The third-order valence-corrected chi connectivity index (χ3v) is 3.03. The number of aryl methyl sites for hydroxylation is 1. The van der Waals surface area contributed by atoms with Gasteiger partial charge in [0, 0.05) is 6.20 Å². The van der Waals surface area contributed by atoms with E-state index in [1.54, 1.807) is 10.6 Å². The van der Waals surface area contributed by atoms with Crippen LogP contribution in [0.1, 0.15) is 19.0 Å². The van der Waals surface area contributed by atoms with Crippen LogP contribution in [0.4, 0.5) is 0 Å². The zero-order chi connectivity index (χ0) is 10.8. The molecule has 16 heavy (non-hydrogen) atoms. The SMILES string of the molecule is Br.CCCc1nc2ccccn2c(=O)c1Br. The third kappa shape index (κ3) is 2.35. The van der Waals surface area contributed by atoms with Gasteiger partial charge in [-0.25, -0.2) is 4.98 Å². The summed E-state index contributed by atoms with van der Waals surface area (Å²) >= 11 is 3.31.